The molecule has 0 unspecified atom stereocenters. The van der Waals surface area contributed by atoms with E-state index in [-0.39, 0.29) is 5.75 Å². The van der Waals surface area contributed by atoms with E-state index in [2.05, 4.69) is 10.6 Å². The van der Waals surface area contributed by atoms with E-state index in [0.717, 1.165) is 5.56 Å². The molecule has 6 heteroatoms. The molecule has 2 aromatic carbocycles. The summed E-state index contributed by atoms with van der Waals surface area (Å²) in [5.41, 5.74) is 8.55. The van der Waals surface area contributed by atoms with Crippen LogP contribution < -0.4 is 16.4 Å². The summed E-state index contributed by atoms with van der Waals surface area (Å²) in [5.74, 6) is -1.54. The predicted molar refractivity (Wildman–Crippen MR) is 85.7 cm³/mol. The van der Waals surface area contributed by atoms with Gasteiger partial charge >= 0.3 is 11.8 Å². The van der Waals surface area contributed by atoms with Crippen LogP contribution in [0.3, 0.4) is 0 Å². The molecule has 0 aliphatic carbocycles. The summed E-state index contributed by atoms with van der Waals surface area (Å²) in [4.78, 5) is 23.9. The van der Waals surface area contributed by atoms with Gasteiger partial charge in [-0.1, -0.05) is 6.07 Å². The van der Waals surface area contributed by atoms with Crippen LogP contribution >= 0.6 is 0 Å². The average Bonchev–Trinajstić information content (AvgIpc) is 2.45. The van der Waals surface area contributed by atoms with Crippen LogP contribution in [0.15, 0.2) is 36.4 Å². The topological polar surface area (TPSA) is 104 Å². The maximum atomic E-state index is 11.9. The van der Waals surface area contributed by atoms with Gasteiger partial charge < -0.3 is 21.5 Å². The van der Waals surface area contributed by atoms with E-state index >= 15 is 0 Å². The van der Waals surface area contributed by atoms with Crippen molar-refractivity contribution in [1.82, 2.24) is 0 Å². The molecule has 2 rings (SSSR count). The fourth-order valence-electron chi connectivity index (χ4n) is 1.92. The van der Waals surface area contributed by atoms with Crippen LogP contribution in [-0.2, 0) is 9.59 Å². The maximum absolute atomic E-state index is 11.9. The van der Waals surface area contributed by atoms with E-state index in [4.69, 9.17) is 5.73 Å². The number of nitrogens with two attached hydrogens (primary N) is 1. The zero-order chi connectivity index (χ0) is 16.3. The van der Waals surface area contributed by atoms with Gasteiger partial charge in [0, 0.05) is 5.69 Å². The SMILES string of the molecule is Cc1ccc(N)c(NC(=O)C(=O)Nc2ccc(O)cc2C)c1. The Kier molecular flexibility index (Phi) is 4.31. The van der Waals surface area contributed by atoms with Crippen molar-refractivity contribution in [3.05, 3.63) is 47.5 Å². The van der Waals surface area contributed by atoms with Crippen molar-refractivity contribution in [2.75, 3.05) is 16.4 Å². The normalized spacial score (nSPS) is 10.1. The first-order valence-electron chi connectivity index (χ1n) is 6.65. The minimum Gasteiger partial charge on any atom is -0.508 e. The van der Waals surface area contributed by atoms with Gasteiger partial charge in [0.05, 0.1) is 11.4 Å². The fourth-order valence-corrected chi connectivity index (χ4v) is 1.92. The lowest BCUT2D eigenvalue weighted by Crippen LogP contribution is -2.29. The second-order valence-electron chi connectivity index (χ2n) is 5.00. The molecule has 0 aliphatic heterocycles. The maximum Gasteiger partial charge on any atom is 0.314 e. The monoisotopic (exact) mass is 299 g/mol. The Labute approximate surface area is 128 Å². The van der Waals surface area contributed by atoms with E-state index in [1.165, 1.54) is 18.2 Å². The third-order valence-electron chi connectivity index (χ3n) is 3.12. The van der Waals surface area contributed by atoms with Gasteiger partial charge in [-0.25, -0.2) is 0 Å². The Morgan fingerprint density at radius 1 is 0.955 bits per heavy atom. The number of benzene rings is 2. The molecule has 0 aromatic heterocycles. The van der Waals surface area contributed by atoms with Gasteiger partial charge in [-0.05, 0) is 55.3 Å². The van der Waals surface area contributed by atoms with Crippen LogP contribution in [-0.4, -0.2) is 16.9 Å². The second-order valence-corrected chi connectivity index (χ2v) is 5.00. The van der Waals surface area contributed by atoms with E-state index in [1.54, 1.807) is 19.1 Å². The van der Waals surface area contributed by atoms with Crippen molar-refractivity contribution in [3.8, 4) is 5.75 Å². The highest BCUT2D eigenvalue weighted by atomic mass is 16.3. The zero-order valence-corrected chi connectivity index (χ0v) is 12.3. The van der Waals surface area contributed by atoms with Gasteiger partial charge in [-0.15, -0.1) is 0 Å². The fraction of sp³-hybridized carbons (Fsp3) is 0.125. The Hall–Kier alpha value is -3.02. The number of phenols is 1. The molecule has 0 aliphatic rings. The molecule has 2 aromatic rings. The number of aromatic hydroxyl groups is 1. The molecular formula is C16H17N3O3. The summed E-state index contributed by atoms with van der Waals surface area (Å²) in [6.45, 7) is 3.57. The lowest BCUT2D eigenvalue weighted by Gasteiger charge is -2.11. The van der Waals surface area contributed by atoms with Crippen LogP contribution in [0.1, 0.15) is 11.1 Å². The van der Waals surface area contributed by atoms with Crippen LogP contribution in [0.5, 0.6) is 5.75 Å². The first-order chi connectivity index (χ1) is 10.4. The minimum atomic E-state index is -0.815. The highest BCUT2D eigenvalue weighted by Crippen LogP contribution is 2.21. The summed E-state index contributed by atoms with van der Waals surface area (Å²) < 4.78 is 0. The van der Waals surface area contributed by atoms with Crippen LogP contribution in [0.2, 0.25) is 0 Å². The quantitative estimate of drug-likeness (QED) is 0.387. The molecule has 0 atom stereocenters. The Morgan fingerprint density at radius 2 is 1.59 bits per heavy atom. The molecule has 0 fully saturated rings. The highest BCUT2D eigenvalue weighted by Gasteiger charge is 2.16. The van der Waals surface area contributed by atoms with Crippen LogP contribution in [0, 0.1) is 13.8 Å². The number of nitrogen functional groups attached to an aromatic ring is 1. The number of hydrogen-bond acceptors (Lipinski definition) is 4. The number of nitrogens with one attached hydrogen (secondary N) is 2. The minimum absolute atomic E-state index is 0.0903. The van der Waals surface area contributed by atoms with E-state index in [9.17, 15) is 14.7 Å². The third kappa shape index (κ3) is 3.54. The smallest absolute Gasteiger partial charge is 0.314 e. The summed E-state index contributed by atoms with van der Waals surface area (Å²) >= 11 is 0. The summed E-state index contributed by atoms with van der Waals surface area (Å²) in [5, 5.41) is 14.3. The first-order valence-corrected chi connectivity index (χ1v) is 6.65. The molecule has 5 N–H and O–H groups in total. The Bertz CT molecular complexity index is 741. The molecule has 22 heavy (non-hydrogen) atoms. The summed E-state index contributed by atoms with van der Waals surface area (Å²) in [6, 6.07) is 9.60. The highest BCUT2D eigenvalue weighted by molar-refractivity contribution is 6.44. The largest absolute Gasteiger partial charge is 0.508 e. The van der Waals surface area contributed by atoms with Gasteiger partial charge in [-0.3, -0.25) is 9.59 Å². The summed E-state index contributed by atoms with van der Waals surface area (Å²) in [6.07, 6.45) is 0. The van der Waals surface area contributed by atoms with Gasteiger partial charge in [0.1, 0.15) is 5.75 Å². The lowest BCUT2D eigenvalue weighted by molar-refractivity contribution is -0.132. The standard InChI is InChI=1S/C16H17N3O3/c1-9-3-5-12(17)14(7-9)19-16(22)15(21)18-13-6-4-11(20)8-10(13)2/h3-8,20H,17H2,1-2H3,(H,18,21)(H,19,22). The molecule has 6 nitrogen and oxygen atoms in total. The molecule has 0 bridgehead atoms. The molecule has 0 saturated carbocycles. The van der Waals surface area contributed by atoms with Gasteiger partial charge in [-0.2, -0.15) is 0 Å². The molecule has 0 radical (unpaired) electrons. The molecule has 0 spiro atoms. The molecule has 0 saturated heterocycles. The van der Waals surface area contributed by atoms with Crippen molar-refractivity contribution < 1.29 is 14.7 Å². The van der Waals surface area contributed by atoms with E-state index < -0.39 is 11.8 Å². The van der Waals surface area contributed by atoms with Gasteiger partial charge in [0.25, 0.3) is 0 Å². The van der Waals surface area contributed by atoms with Crippen LogP contribution in [0.25, 0.3) is 0 Å². The zero-order valence-electron chi connectivity index (χ0n) is 12.3. The number of rotatable bonds is 2. The number of phenolic OH excluding ortho intramolecular Hbond substituents is 1. The third-order valence-corrected chi connectivity index (χ3v) is 3.12. The average molecular weight is 299 g/mol. The van der Waals surface area contributed by atoms with Crippen molar-refractivity contribution in [1.29, 1.82) is 0 Å². The number of anilines is 3. The summed E-state index contributed by atoms with van der Waals surface area (Å²) in [7, 11) is 0. The molecule has 2 amide bonds. The predicted octanol–water partition coefficient (Wildman–Crippen LogP) is 2.17. The van der Waals surface area contributed by atoms with Crippen LogP contribution in [0.4, 0.5) is 17.1 Å². The number of carbonyl (C=O) groups is 2. The first kappa shape index (κ1) is 15.4. The Morgan fingerprint density at radius 3 is 2.23 bits per heavy atom. The van der Waals surface area contributed by atoms with Gasteiger partial charge in [0.2, 0.25) is 0 Å². The van der Waals surface area contributed by atoms with Gasteiger partial charge in [0.15, 0.2) is 0 Å². The number of carbonyl (C=O) groups excluding carboxylic acids is 2. The van der Waals surface area contributed by atoms with E-state index in [0.29, 0.717) is 22.6 Å². The number of hydrogen-bond donors (Lipinski definition) is 4. The Balaban J connectivity index is 2.09. The molecular weight excluding hydrogens is 282 g/mol. The number of amides is 2. The molecule has 114 valence electrons. The lowest BCUT2D eigenvalue weighted by atomic mass is 10.2. The van der Waals surface area contributed by atoms with Crippen molar-refractivity contribution in [3.63, 3.8) is 0 Å². The van der Waals surface area contributed by atoms with Crippen molar-refractivity contribution in [2.45, 2.75) is 13.8 Å². The van der Waals surface area contributed by atoms with E-state index in [1.807, 2.05) is 13.0 Å². The number of aryl methyl sites for hydroxylation is 2. The second kappa shape index (κ2) is 6.17. The molecule has 0 heterocycles. The van der Waals surface area contributed by atoms with Crippen molar-refractivity contribution >= 4 is 28.9 Å². The van der Waals surface area contributed by atoms with Crippen molar-refractivity contribution in [2.24, 2.45) is 0 Å².